The Labute approximate surface area is 87.0 Å². The fraction of sp³-hybridized carbons (Fsp3) is 0.917. The Kier molecular flexibility index (Phi) is 5.65. The van der Waals surface area contributed by atoms with Crippen molar-refractivity contribution in [3.05, 3.63) is 0 Å². The van der Waals surface area contributed by atoms with Crippen LogP contribution in [-0.2, 0) is 9.53 Å². The highest BCUT2D eigenvalue weighted by atomic mass is 16.5. The van der Waals surface area contributed by atoms with E-state index in [2.05, 4.69) is 0 Å². The van der Waals surface area contributed by atoms with Crippen LogP contribution in [0.3, 0.4) is 0 Å². The molecule has 1 aliphatic rings. The quantitative estimate of drug-likeness (QED) is 0.558. The van der Waals surface area contributed by atoms with E-state index in [1.807, 2.05) is 6.92 Å². The first-order valence-electron chi connectivity index (χ1n) is 5.97. The van der Waals surface area contributed by atoms with Gasteiger partial charge in [-0.1, -0.05) is 45.4 Å². The van der Waals surface area contributed by atoms with Gasteiger partial charge in [0.2, 0.25) is 0 Å². The van der Waals surface area contributed by atoms with Crippen LogP contribution in [0.5, 0.6) is 0 Å². The Hall–Kier alpha value is -0.530. The van der Waals surface area contributed by atoms with Gasteiger partial charge in [-0.15, -0.1) is 0 Å². The molecule has 0 aromatic carbocycles. The zero-order valence-electron chi connectivity index (χ0n) is 9.26. The second kappa shape index (κ2) is 6.86. The van der Waals surface area contributed by atoms with Gasteiger partial charge in [-0.3, -0.25) is 4.79 Å². The lowest BCUT2D eigenvalue weighted by Gasteiger charge is -2.12. The monoisotopic (exact) mass is 198 g/mol. The Morgan fingerprint density at radius 3 is 2.29 bits per heavy atom. The molecule has 1 aliphatic heterocycles. The molecule has 1 heterocycles. The molecule has 1 unspecified atom stereocenters. The van der Waals surface area contributed by atoms with Crippen molar-refractivity contribution in [2.24, 2.45) is 5.92 Å². The molecular weight excluding hydrogens is 176 g/mol. The molecule has 1 saturated heterocycles. The first kappa shape index (κ1) is 11.5. The number of carbonyl (C=O) groups is 1. The molecule has 1 atom stereocenters. The van der Waals surface area contributed by atoms with E-state index in [0.29, 0.717) is 6.61 Å². The molecule has 0 aromatic rings. The molecule has 0 N–H and O–H groups in total. The van der Waals surface area contributed by atoms with Crippen molar-refractivity contribution >= 4 is 5.97 Å². The molecule has 82 valence electrons. The van der Waals surface area contributed by atoms with E-state index in [-0.39, 0.29) is 11.9 Å². The molecule has 14 heavy (non-hydrogen) atoms. The fourth-order valence-electron chi connectivity index (χ4n) is 1.87. The summed E-state index contributed by atoms with van der Waals surface area (Å²) < 4.78 is 5.19. The van der Waals surface area contributed by atoms with Crippen LogP contribution >= 0.6 is 0 Å². The van der Waals surface area contributed by atoms with Gasteiger partial charge in [-0.25, -0.2) is 0 Å². The standard InChI is InChI=1S/C12H22O2/c1-11-9-7-5-3-2-4-6-8-10-14-12(11)13/h11H,2-10H2,1H3. The molecule has 2 nitrogen and oxygen atoms in total. The summed E-state index contributed by atoms with van der Waals surface area (Å²) in [5, 5.41) is 0. The molecule has 0 amide bonds. The molecule has 0 saturated carbocycles. The smallest absolute Gasteiger partial charge is 0.308 e. The number of hydrogen-bond donors (Lipinski definition) is 0. The highest BCUT2D eigenvalue weighted by Crippen LogP contribution is 2.15. The Morgan fingerprint density at radius 1 is 1.00 bits per heavy atom. The van der Waals surface area contributed by atoms with Gasteiger partial charge in [0.25, 0.3) is 0 Å². The third kappa shape index (κ3) is 4.64. The van der Waals surface area contributed by atoms with Crippen LogP contribution in [0, 0.1) is 5.92 Å². The molecular formula is C12H22O2. The van der Waals surface area contributed by atoms with Crippen molar-refractivity contribution < 1.29 is 9.53 Å². The van der Waals surface area contributed by atoms with Crippen LogP contribution in [0.15, 0.2) is 0 Å². The second-order valence-corrected chi connectivity index (χ2v) is 4.33. The van der Waals surface area contributed by atoms with Crippen molar-refractivity contribution in [2.75, 3.05) is 6.61 Å². The lowest BCUT2D eigenvalue weighted by atomic mass is 10.0. The van der Waals surface area contributed by atoms with Gasteiger partial charge in [-0.05, 0) is 12.8 Å². The van der Waals surface area contributed by atoms with E-state index < -0.39 is 0 Å². The number of cyclic esters (lactones) is 1. The highest BCUT2D eigenvalue weighted by molar-refractivity contribution is 5.71. The topological polar surface area (TPSA) is 26.3 Å². The summed E-state index contributed by atoms with van der Waals surface area (Å²) in [5.74, 6) is 0.111. The van der Waals surface area contributed by atoms with Crippen LogP contribution in [-0.4, -0.2) is 12.6 Å². The summed E-state index contributed by atoms with van der Waals surface area (Å²) in [6, 6.07) is 0. The summed E-state index contributed by atoms with van der Waals surface area (Å²) >= 11 is 0. The van der Waals surface area contributed by atoms with Crippen molar-refractivity contribution in [1.82, 2.24) is 0 Å². The van der Waals surface area contributed by atoms with Crippen molar-refractivity contribution in [1.29, 1.82) is 0 Å². The number of ether oxygens (including phenoxy) is 1. The predicted octanol–water partition coefficient (Wildman–Crippen LogP) is 3.30. The van der Waals surface area contributed by atoms with E-state index in [1.165, 1.54) is 38.5 Å². The lowest BCUT2D eigenvalue weighted by molar-refractivity contribution is -0.148. The van der Waals surface area contributed by atoms with Gasteiger partial charge >= 0.3 is 5.97 Å². The largest absolute Gasteiger partial charge is 0.465 e. The van der Waals surface area contributed by atoms with Gasteiger partial charge in [0, 0.05) is 0 Å². The first-order chi connectivity index (χ1) is 6.80. The SMILES string of the molecule is CC1CCCCCCCCCOC1=O. The number of esters is 1. The van der Waals surface area contributed by atoms with Gasteiger partial charge in [-0.2, -0.15) is 0 Å². The average molecular weight is 198 g/mol. The predicted molar refractivity (Wildman–Crippen MR) is 57.1 cm³/mol. The fourth-order valence-corrected chi connectivity index (χ4v) is 1.87. The zero-order chi connectivity index (χ0) is 10.2. The van der Waals surface area contributed by atoms with E-state index >= 15 is 0 Å². The minimum Gasteiger partial charge on any atom is -0.465 e. The van der Waals surface area contributed by atoms with Crippen molar-refractivity contribution in [2.45, 2.75) is 58.3 Å². The average Bonchev–Trinajstić information content (AvgIpc) is 2.18. The van der Waals surface area contributed by atoms with Crippen molar-refractivity contribution in [3.8, 4) is 0 Å². The van der Waals surface area contributed by atoms with Crippen LogP contribution in [0.25, 0.3) is 0 Å². The van der Waals surface area contributed by atoms with Gasteiger partial charge in [0.05, 0.1) is 12.5 Å². The molecule has 0 bridgehead atoms. The summed E-state index contributed by atoms with van der Waals surface area (Å²) in [7, 11) is 0. The second-order valence-electron chi connectivity index (χ2n) is 4.33. The number of rotatable bonds is 0. The lowest BCUT2D eigenvalue weighted by Crippen LogP contribution is -2.15. The van der Waals surface area contributed by atoms with Gasteiger partial charge in [0.1, 0.15) is 0 Å². The Bertz CT molecular complexity index is 166. The minimum absolute atomic E-state index is 0.00516. The molecule has 0 radical (unpaired) electrons. The molecule has 0 aromatic heterocycles. The third-order valence-electron chi connectivity index (χ3n) is 2.93. The Morgan fingerprint density at radius 2 is 1.57 bits per heavy atom. The maximum atomic E-state index is 11.4. The van der Waals surface area contributed by atoms with E-state index in [4.69, 9.17) is 4.74 Å². The summed E-state index contributed by atoms with van der Waals surface area (Å²) in [4.78, 5) is 11.4. The highest BCUT2D eigenvalue weighted by Gasteiger charge is 2.13. The summed E-state index contributed by atoms with van der Waals surface area (Å²) in [5.41, 5.74) is 0. The van der Waals surface area contributed by atoms with Gasteiger partial charge < -0.3 is 4.74 Å². The molecule has 0 aliphatic carbocycles. The first-order valence-corrected chi connectivity index (χ1v) is 5.97. The van der Waals surface area contributed by atoms with E-state index in [9.17, 15) is 4.79 Å². The van der Waals surface area contributed by atoms with E-state index in [0.717, 1.165) is 12.8 Å². The number of carbonyl (C=O) groups excluding carboxylic acids is 1. The number of hydrogen-bond acceptors (Lipinski definition) is 2. The van der Waals surface area contributed by atoms with Crippen LogP contribution in [0.4, 0.5) is 0 Å². The third-order valence-corrected chi connectivity index (χ3v) is 2.93. The van der Waals surface area contributed by atoms with Gasteiger partial charge in [0.15, 0.2) is 0 Å². The zero-order valence-corrected chi connectivity index (χ0v) is 9.26. The molecule has 1 fully saturated rings. The van der Waals surface area contributed by atoms with Crippen LogP contribution < -0.4 is 0 Å². The minimum atomic E-state index is 0.00516. The maximum Gasteiger partial charge on any atom is 0.308 e. The summed E-state index contributed by atoms with van der Waals surface area (Å²) in [6.45, 7) is 2.61. The van der Waals surface area contributed by atoms with Crippen molar-refractivity contribution in [3.63, 3.8) is 0 Å². The van der Waals surface area contributed by atoms with Crippen LogP contribution in [0.2, 0.25) is 0 Å². The molecule has 2 heteroatoms. The Balaban J connectivity index is 2.27. The summed E-state index contributed by atoms with van der Waals surface area (Å²) in [6.07, 6.45) is 9.68. The van der Waals surface area contributed by atoms with E-state index in [1.54, 1.807) is 0 Å². The molecule has 1 rings (SSSR count). The van der Waals surface area contributed by atoms with Crippen LogP contribution in [0.1, 0.15) is 58.3 Å². The maximum absolute atomic E-state index is 11.4. The molecule has 0 spiro atoms. The normalized spacial score (nSPS) is 27.2.